The van der Waals surface area contributed by atoms with E-state index in [2.05, 4.69) is 15.7 Å². The molecule has 1 atom stereocenters. The lowest BCUT2D eigenvalue weighted by Gasteiger charge is -2.18. The van der Waals surface area contributed by atoms with Crippen molar-refractivity contribution in [2.75, 3.05) is 6.61 Å². The largest absolute Gasteiger partial charge is 0.484 e. The highest BCUT2D eigenvalue weighted by Gasteiger charge is 2.23. The van der Waals surface area contributed by atoms with Gasteiger partial charge in [-0.05, 0) is 17.7 Å². The maximum absolute atomic E-state index is 12.8. The van der Waals surface area contributed by atoms with Crippen molar-refractivity contribution in [2.45, 2.75) is 19.0 Å². The van der Waals surface area contributed by atoms with Crippen LogP contribution in [0.3, 0.4) is 0 Å². The molecule has 30 heavy (non-hydrogen) atoms. The number of aryl methyl sites for hydroxylation is 1. The van der Waals surface area contributed by atoms with Gasteiger partial charge in [0.25, 0.3) is 11.5 Å². The van der Waals surface area contributed by atoms with Gasteiger partial charge in [0, 0.05) is 31.8 Å². The molecule has 0 saturated carbocycles. The summed E-state index contributed by atoms with van der Waals surface area (Å²) in [6, 6.07) is 17.4. The standard InChI is InChI=1S/C22H24N4O4/c1-26-22(29)17(14-24-26)12-19(21(28)23-13-16-8-4-2-5-9-16)25-20(27)15-30-18-10-6-3-7-11-18/h2-11,14,19,24H,12-13,15H2,1H3,(H,23,28)(H,25,27). The summed E-state index contributed by atoms with van der Waals surface area (Å²) < 4.78 is 6.75. The predicted octanol–water partition coefficient (Wildman–Crippen LogP) is 1.14. The molecule has 1 aromatic heterocycles. The lowest BCUT2D eigenvalue weighted by molar-refractivity contribution is -0.130. The van der Waals surface area contributed by atoms with E-state index >= 15 is 0 Å². The number of hydrogen-bond donors (Lipinski definition) is 3. The van der Waals surface area contributed by atoms with Crippen LogP contribution in [-0.4, -0.2) is 34.2 Å². The van der Waals surface area contributed by atoms with E-state index in [1.807, 2.05) is 36.4 Å². The number of rotatable bonds is 9. The average Bonchev–Trinajstić information content (AvgIpc) is 3.09. The van der Waals surface area contributed by atoms with Crippen LogP contribution in [-0.2, 0) is 29.6 Å². The summed E-state index contributed by atoms with van der Waals surface area (Å²) >= 11 is 0. The molecule has 3 N–H and O–H groups in total. The van der Waals surface area contributed by atoms with Gasteiger partial charge in [0.15, 0.2) is 6.61 Å². The number of ether oxygens (including phenoxy) is 1. The average molecular weight is 408 g/mol. The number of carbonyl (C=O) groups is 2. The molecule has 3 aromatic rings. The number of aromatic nitrogens is 2. The third-order valence-electron chi connectivity index (χ3n) is 4.51. The molecule has 3 rings (SSSR count). The monoisotopic (exact) mass is 408 g/mol. The van der Waals surface area contributed by atoms with Crippen molar-refractivity contribution in [3.63, 3.8) is 0 Å². The number of hydrogen-bond acceptors (Lipinski definition) is 4. The van der Waals surface area contributed by atoms with Gasteiger partial charge in [0.1, 0.15) is 11.8 Å². The van der Waals surface area contributed by atoms with E-state index in [-0.39, 0.29) is 24.5 Å². The Morgan fingerprint density at radius 1 is 1.07 bits per heavy atom. The van der Waals surface area contributed by atoms with Gasteiger partial charge in [-0.3, -0.25) is 19.1 Å². The molecule has 0 radical (unpaired) electrons. The predicted molar refractivity (Wildman–Crippen MR) is 112 cm³/mol. The van der Waals surface area contributed by atoms with Crippen molar-refractivity contribution in [3.05, 3.63) is 88.3 Å². The summed E-state index contributed by atoms with van der Waals surface area (Å²) in [5.41, 5.74) is 1.09. The Kier molecular flexibility index (Phi) is 7.05. The molecule has 156 valence electrons. The van der Waals surface area contributed by atoms with Gasteiger partial charge < -0.3 is 20.5 Å². The van der Waals surface area contributed by atoms with Crippen LogP contribution in [0.1, 0.15) is 11.1 Å². The molecule has 0 bridgehead atoms. The van der Waals surface area contributed by atoms with Gasteiger partial charge in [0.05, 0.1) is 0 Å². The highest BCUT2D eigenvalue weighted by atomic mass is 16.5. The maximum atomic E-state index is 12.8. The molecule has 2 aromatic carbocycles. The molecule has 0 fully saturated rings. The van der Waals surface area contributed by atoms with Gasteiger partial charge in [-0.25, -0.2) is 0 Å². The van der Waals surface area contributed by atoms with E-state index in [1.165, 1.54) is 10.9 Å². The van der Waals surface area contributed by atoms with Crippen molar-refractivity contribution in [1.29, 1.82) is 0 Å². The van der Waals surface area contributed by atoms with Crippen molar-refractivity contribution >= 4 is 11.8 Å². The Hall–Kier alpha value is -3.81. The van der Waals surface area contributed by atoms with Crippen molar-refractivity contribution < 1.29 is 14.3 Å². The lowest BCUT2D eigenvalue weighted by atomic mass is 10.1. The molecule has 1 heterocycles. The van der Waals surface area contributed by atoms with Crippen LogP contribution in [0, 0.1) is 0 Å². The van der Waals surface area contributed by atoms with Gasteiger partial charge >= 0.3 is 0 Å². The number of amides is 2. The molecular formula is C22H24N4O4. The Labute approximate surface area is 173 Å². The number of aromatic amines is 1. The lowest BCUT2D eigenvalue weighted by Crippen LogP contribution is -2.49. The van der Waals surface area contributed by atoms with Gasteiger partial charge in [-0.1, -0.05) is 48.5 Å². The number of H-pyrrole nitrogens is 1. The van der Waals surface area contributed by atoms with Crippen LogP contribution < -0.4 is 20.9 Å². The van der Waals surface area contributed by atoms with E-state index in [0.717, 1.165) is 5.56 Å². The number of benzene rings is 2. The zero-order chi connectivity index (χ0) is 21.3. The molecule has 0 aliphatic carbocycles. The number of nitrogens with zero attached hydrogens (tertiary/aromatic N) is 1. The van der Waals surface area contributed by atoms with Crippen LogP contribution in [0.4, 0.5) is 0 Å². The SMILES string of the molecule is Cn1[nH]cc(CC(NC(=O)COc2ccccc2)C(=O)NCc2ccccc2)c1=O. The molecule has 2 amide bonds. The Balaban J connectivity index is 1.64. The number of para-hydroxylation sites is 1. The van der Waals surface area contributed by atoms with Crippen molar-refractivity contribution in [1.82, 2.24) is 20.4 Å². The molecule has 0 spiro atoms. The summed E-state index contributed by atoms with van der Waals surface area (Å²) in [6.45, 7) is 0.0787. The number of nitrogens with one attached hydrogen (secondary N) is 3. The fourth-order valence-electron chi connectivity index (χ4n) is 2.90. The molecule has 1 unspecified atom stereocenters. The fourth-order valence-corrected chi connectivity index (χ4v) is 2.90. The minimum absolute atomic E-state index is 0.0634. The van der Waals surface area contributed by atoms with Gasteiger partial charge in [0.2, 0.25) is 5.91 Å². The fraction of sp³-hybridized carbons (Fsp3) is 0.227. The smallest absolute Gasteiger partial charge is 0.269 e. The second-order valence-electron chi connectivity index (χ2n) is 6.79. The van der Waals surface area contributed by atoms with E-state index in [9.17, 15) is 14.4 Å². The molecule has 8 nitrogen and oxygen atoms in total. The second-order valence-corrected chi connectivity index (χ2v) is 6.79. The summed E-state index contributed by atoms with van der Waals surface area (Å²) in [5.74, 6) is -0.279. The quantitative estimate of drug-likeness (QED) is 0.494. The van der Waals surface area contributed by atoms with Crippen LogP contribution in [0.2, 0.25) is 0 Å². The summed E-state index contributed by atoms with van der Waals surface area (Å²) in [6.07, 6.45) is 1.60. The molecule has 0 saturated heterocycles. The van der Waals surface area contributed by atoms with Crippen molar-refractivity contribution in [2.24, 2.45) is 7.05 Å². The first-order valence-corrected chi connectivity index (χ1v) is 9.55. The highest BCUT2D eigenvalue weighted by Crippen LogP contribution is 2.08. The van der Waals surface area contributed by atoms with E-state index < -0.39 is 11.9 Å². The second kappa shape index (κ2) is 10.1. The number of carbonyl (C=O) groups excluding carboxylic acids is 2. The third kappa shape index (κ3) is 5.84. The summed E-state index contributed by atoms with van der Waals surface area (Å²) in [5, 5.41) is 8.26. The third-order valence-corrected chi connectivity index (χ3v) is 4.51. The first-order valence-electron chi connectivity index (χ1n) is 9.55. The summed E-state index contributed by atoms with van der Waals surface area (Å²) in [7, 11) is 1.59. The Bertz CT molecular complexity index is 1030. The normalized spacial score (nSPS) is 11.5. The topological polar surface area (TPSA) is 105 Å². The first-order chi connectivity index (χ1) is 14.5. The van der Waals surface area contributed by atoms with Crippen LogP contribution in [0.15, 0.2) is 71.7 Å². The van der Waals surface area contributed by atoms with Crippen LogP contribution in [0.25, 0.3) is 0 Å². The van der Waals surface area contributed by atoms with E-state index in [0.29, 0.717) is 17.9 Å². The van der Waals surface area contributed by atoms with Crippen LogP contribution >= 0.6 is 0 Å². The molecule has 8 heteroatoms. The first kappa shape index (κ1) is 20.9. The highest BCUT2D eigenvalue weighted by molar-refractivity contribution is 5.88. The molecular weight excluding hydrogens is 384 g/mol. The maximum Gasteiger partial charge on any atom is 0.269 e. The van der Waals surface area contributed by atoms with E-state index in [1.54, 1.807) is 31.3 Å². The zero-order valence-electron chi connectivity index (χ0n) is 16.6. The van der Waals surface area contributed by atoms with Gasteiger partial charge in [-0.2, -0.15) is 0 Å². The molecule has 0 aliphatic heterocycles. The minimum Gasteiger partial charge on any atom is -0.484 e. The minimum atomic E-state index is -0.913. The van der Waals surface area contributed by atoms with Crippen molar-refractivity contribution in [3.8, 4) is 5.75 Å². The van der Waals surface area contributed by atoms with Gasteiger partial charge in [-0.15, -0.1) is 0 Å². The molecule has 0 aliphatic rings. The Morgan fingerprint density at radius 2 is 1.73 bits per heavy atom. The van der Waals surface area contributed by atoms with E-state index in [4.69, 9.17) is 4.74 Å². The zero-order valence-corrected chi connectivity index (χ0v) is 16.6. The Morgan fingerprint density at radius 3 is 2.37 bits per heavy atom. The van der Waals surface area contributed by atoms with Crippen LogP contribution in [0.5, 0.6) is 5.75 Å². The summed E-state index contributed by atoms with van der Waals surface area (Å²) in [4.78, 5) is 37.3.